The van der Waals surface area contributed by atoms with E-state index in [1.807, 2.05) is 16.8 Å². The van der Waals surface area contributed by atoms with Crippen molar-refractivity contribution < 1.29 is 9.32 Å². The molecule has 0 radical (unpaired) electrons. The second kappa shape index (κ2) is 9.32. The van der Waals surface area contributed by atoms with Crippen molar-refractivity contribution in [2.45, 2.75) is 26.7 Å². The number of carbonyl (C=O) groups is 1. The number of carbonyl (C=O) groups excluding carboxylic acids is 1. The molecule has 0 fully saturated rings. The summed E-state index contributed by atoms with van der Waals surface area (Å²) in [6, 6.07) is 10.3. The maximum Gasteiger partial charge on any atom is 0.227 e. The van der Waals surface area contributed by atoms with Crippen LogP contribution in [0.5, 0.6) is 0 Å². The summed E-state index contributed by atoms with van der Waals surface area (Å²) in [6.07, 6.45) is 0.778. The van der Waals surface area contributed by atoms with Crippen LogP contribution in [0.25, 0.3) is 11.4 Å². The van der Waals surface area contributed by atoms with Crippen molar-refractivity contribution in [3.8, 4) is 11.4 Å². The van der Waals surface area contributed by atoms with E-state index in [4.69, 9.17) is 4.52 Å². The molecular weight excluding hydrogens is 360 g/mol. The molecule has 2 heterocycles. The minimum Gasteiger partial charge on any atom is -0.370 e. The second-order valence-corrected chi connectivity index (χ2v) is 7.07. The van der Waals surface area contributed by atoms with Crippen LogP contribution in [0.2, 0.25) is 0 Å². The van der Waals surface area contributed by atoms with Crippen molar-refractivity contribution >= 4 is 22.9 Å². The van der Waals surface area contributed by atoms with Crippen LogP contribution in [0.15, 0.2) is 45.6 Å². The first kappa shape index (κ1) is 19.1. The van der Waals surface area contributed by atoms with Crippen molar-refractivity contribution in [1.29, 1.82) is 0 Å². The van der Waals surface area contributed by atoms with Crippen molar-refractivity contribution in [1.82, 2.24) is 15.5 Å². The Labute approximate surface area is 163 Å². The van der Waals surface area contributed by atoms with E-state index in [1.54, 1.807) is 11.3 Å². The highest BCUT2D eigenvalue weighted by atomic mass is 32.1. The third-order valence-corrected chi connectivity index (χ3v) is 4.95. The molecule has 0 saturated heterocycles. The number of hydrogen-bond donors (Lipinski definition) is 1. The van der Waals surface area contributed by atoms with E-state index in [0.29, 0.717) is 31.1 Å². The van der Waals surface area contributed by atoms with Gasteiger partial charge in [0.05, 0.1) is 0 Å². The van der Waals surface area contributed by atoms with Crippen LogP contribution in [0.4, 0.5) is 5.69 Å². The smallest absolute Gasteiger partial charge is 0.227 e. The van der Waals surface area contributed by atoms with Crippen molar-refractivity contribution in [2.24, 2.45) is 0 Å². The fourth-order valence-corrected chi connectivity index (χ4v) is 3.43. The Morgan fingerprint density at radius 3 is 2.96 bits per heavy atom. The van der Waals surface area contributed by atoms with E-state index in [1.165, 1.54) is 11.3 Å². The van der Waals surface area contributed by atoms with Gasteiger partial charge >= 0.3 is 0 Å². The minimum absolute atomic E-state index is 0.00872. The predicted octanol–water partition coefficient (Wildman–Crippen LogP) is 3.68. The number of rotatable bonds is 9. The summed E-state index contributed by atoms with van der Waals surface area (Å²) in [5.41, 5.74) is 3.35. The number of aryl methyl sites for hydroxylation is 2. The van der Waals surface area contributed by atoms with Crippen LogP contribution in [0, 0.1) is 6.92 Å². The van der Waals surface area contributed by atoms with Gasteiger partial charge in [0.25, 0.3) is 0 Å². The number of benzene rings is 1. The first-order valence-electron chi connectivity index (χ1n) is 9.09. The summed E-state index contributed by atoms with van der Waals surface area (Å²) in [6.45, 7) is 6.47. The number of nitrogens with one attached hydrogen (secondary N) is 1. The molecule has 0 aliphatic rings. The monoisotopic (exact) mass is 384 g/mol. The number of likely N-dealkylation sites (N-methyl/N-ethyl adjacent to an activating group) is 1. The molecule has 0 aliphatic heterocycles. The predicted molar refractivity (Wildman–Crippen MR) is 108 cm³/mol. The molecule has 2 aromatic heterocycles. The average molecular weight is 385 g/mol. The van der Waals surface area contributed by atoms with Crippen LogP contribution in [-0.2, 0) is 11.2 Å². The number of anilines is 1. The van der Waals surface area contributed by atoms with E-state index in [-0.39, 0.29) is 5.91 Å². The first-order valence-corrected chi connectivity index (χ1v) is 10.0. The van der Waals surface area contributed by atoms with Crippen LogP contribution >= 0.6 is 11.3 Å². The van der Waals surface area contributed by atoms with Gasteiger partial charge in [0.2, 0.25) is 17.6 Å². The van der Waals surface area contributed by atoms with E-state index in [9.17, 15) is 4.79 Å². The number of amides is 1. The normalized spacial score (nSPS) is 10.7. The highest BCUT2D eigenvalue weighted by molar-refractivity contribution is 7.08. The van der Waals surface area contributed by atoms with E-state index >= 15 is 0 Å². The van der Waals surface area contributed by atoms with Gasteiger partial charge < -0.3 is 14.7 Å². The highest BCUT2D eigenvalue weighted by Gasteiger charge is 2.11. The molecule has 1 amide bonds. The largest absolute Gasteiger partial charge is 0.370 e. The van der Waals surface area contributed by atoms with Gasteiger partial charge in [-0.25, -0.2) is 0 Å². The van der Waals surface area contributed by atoms with Gasteiger partial charge in [-0.2, -0.15) is 16.3 Å². The fourth-order valence-electron chi connectivity index (χ4n) is 2.80. The maximum absolute atomic E-state index is 12.1. The van der Waals surface area contributed by atoms with Crippen LogP contribution < -0.4 is 10.2 Å². The Balaban J connectivity index is 1.42. The lowest BCUT2D eigenvalue weighted by molar-refractivity contribution is -0.121. The Morgan fingerprint density at radius 1 is 1.33 bits per heavy atom. The maximum atomic E-state index is 12.1. The molecule has 27 heavy (non-hydrogen) atoms. The van der Waals surface area contributed by atoms with Crippen molar-refractivity contribution in [3.05, 3.63) is 52.5 Å². The molecule has 3 aromatic rings. The molecule has 1 aromatic carbocycles. The summed E-state index contributed by atoms with van der Waals surface area (Å²) in [7, 11) is 0. The van der Waals surface area contributed by atoms with Gasteiger partial charge in [-0.05, 0) is 43.0 Å². The molecule has 0 aliphatic carbocycles. The standard InChI is InChI=1S/C20H24N4O2S/c1-3-24(17-6-4-5-15(2)13-17)11-10-21-18(25)7-8-19-22-20(23-26-19)16-9-12-27-14-16/h4-6,9,12-14H,3,7-8,10-11H2,1-2H3,(H,21,25). The Kier molecular flexibility index (Phi) is 6.59. The van der Waals surface area contributed by atoms with Crippen LogP contribution in [-0.4, -0.2) is 35.7 Å². The summed E-state index contributed by atoms with van der Waals surface area (Å²) in [5, 5.41) is 10.9. The molecule has 0 saturated carbocycles. The molecule has 0 bridgehead atoms. The molecule has 7 heteroatoms. The minimum atomic E-state index is -0.00872. The number of thiophene rings is 1. The van der Waals surface area contributed by atoms with E-state index < -0.39 is 0 Å². The zero-order valence-electron chi connectivity index (χ0n) is 15.6. The van der Waals surface area contributed by atoms with Gasteiger partial charge in [0, 0.05) is 49.1 Å². The molecular formula is C20H24N4O2S. The highest BCUT2D eigenvalue weighted by Crippen LogP contribution is 2.19. The Hall–Kier alpha value is -2.67. The third-order valence-electron chi connectivity index (χ3n) is 4.27. The molecule has 3 rings (SSSR count). The van der Waals surface area contributed by atoms with Gasteiger partial charge in [-0.3, -0.25) is 4.79 Å². The van der Waals surface area contributed by atoms with E-state index in [0.717, 1.165) is 18.7 Å². The SMILES string of the molecule is CCN(CCNC(=O)CCc1nc(-c2ccsc2)no1)c1cccc(C)c1. The lowest BCUT2D eigenvalue weighted by atomic mass is 10.2. The van der Waals surface area contributed by atoms with E-state index in [2.05, 4.69) is 58.5 Å². The summed E-state index contributed by atoms with van der Waals surface area (Å²) >= 11 is 1.58. The zero-order valence-corrected chi connectivity index (χ0v) is 16.5. The fraction of sp³-hybridized carbons (Fsp3) is 0.350. The van der Waals surface area contributed by atoms with Crippen molar-refractivity contribution in [3.63, 3.8) is 0 Å². The molecule has 0 unspecified atom stereocenters. The molecule has 142 valence electrons. The summed E-state index contributed by atoms with van der Waals surface area (Å²) in [4.78, 5) is 18.7. The van der Waals surface area contributed by atoms with Crippen LogP contribution in [0.3, 0.4) is 0 Å². The molecule has 0 atom stereocenters. The Bertz CT molecular complexity index is 861. The lowest BCUT2D eigenvalue weighted by Gasteiger charge is -2.23. The number of aromatic nitrogens is 2. The lowest BCUT2D eigenvalue weighted by Crippen LogP contribution is -2.35. The topological polar surface area (TPSA) is 71.3 Å². The van der Waals surface area contributed by atoms with Crippen molar-refractivity contribution in [2.75, 3.05) is 24.5 Å². The van der Waals surface area contributed by atoms with Crippen LogP contribution in [0.1, 0.15) is 24.8 Å². The van der Waals surface area contributed by atoms with Gasteiger partial charge in [-0.1, -0.05) is 17.3 Å². The third kappa shape index (κ3) is 5.40. The summed E-state index contributed by atoms with van der Waals surface area (Å²) < 4.78 is 5.22. The average Bonchev–Trinajstić information content (AvgIpc) is 3.35. The zero-order chi connectivity index (χ0) is 19.1. The van der Waals surface area contributed by atoms with Gasteiger partial charge in [0.1, 0.15) is 0 Å². The molecule has 1 N–H and O–H groups in total. The number of nitrogens with zero attached hydrogens (tertiary/aromatic N) is 3. The van der Waals surface area contributed by atoms with Gasteiger partial charge in [0.15, 0.2) is 0 Å². The number of hydrogen-bond acceptors (Lipinski definition) is 6. The molecule has 6 nitrogen and oxygen atoms in total. The molecule has 0 spiro atoms. The Morgan fingerprint density at radius 2 is 2.22 bits per heavy atom. The second-order valence-electron chi connectivity index (χ2n) is 6.29. The summed E-state index contributed by atoms with van der Waals surface area (Å²) in [5.74, 6) is 1.05. The quantitative estimate of drug-likeness (QED) is 0.609. The van der Waals surface area contributed by atoms with Gasteiger partial charge in [-0.15, -0.1) is 0 Å². The first-order chi connectivity index (χ1) is 13.2.